The van der Waals surface area contributed by atoms with Crippen molar-refractivity contribution in [3.8, 4) is 0 Å². The Morgan fingerprint density at radius 3 is 2.79 bits per heavy atom. The maximum absolute atomic E-state index is 11.2. The molecule has 2 atom stereocenters. The number of rotatable bonds is 3. The molecule has 19 heavy (non-hydrogen) atoms. The quantitative estimate of drug-likeness (QED) is 0.479. The van der Waals surface area contributed by atoms with Crippen molar-refractivity contribution in [2.45, 2.75) is 38.6 Å². The monoisotopic (exact) mass is 282 g/mol. The van der Waals surface area contributed by atoms with Crippen LogP contribution in [0, 0.1) is 16.0 Å². The number of anilines is 1. The van der Waals surface area contributed by atoms with Gasteiger partial charge in [0.15, 0.2) is 0 Å². The minimum absolute atomic E-state index is 0.166. The average molecular weight is 283 g/mol. The van der Waals surface area contributed by atoms with Gasteiger partial charge in [-0.1, -0.05) is 13.0 Å². The molecular weight excluding hydrogens is 264 g/mol. The maximum atomic E-state index is 11.2. The van der Waals surface area contributed by atoms with Crippen LogP contribution in [0.3, 0.4) is 0 Å². The number of piperidine rings is 1. The Morgan fingerprint density at radius 2 is 2.21 bits per heavy atom. The molecule has 5 heteroatoms. The summed E-state index contributed by atoms with van der Waals surface area (Å²) >= 11 is 5.75. The summed E-state index contributed by atoms with van der Waals surface area (Å²) in [5.74, 6) is 0.987. The molecule has 0 radical (unpaired) electrons. The molecule has 0 saturated carbocycles. The lowest BCUT2D eigenvalue weighted by Gasteiger charge is -2.37. The molecule has 4 nitrogen and oxygen atoms in total. The van der Waals surface area contributed by atoms with Crippen molar-refractivity contribution in [3.63, 3.8) is 0 Å². The molecule has 1 aliphatic rings. The third-order valence-corrected chi connectivity index (χ3v) is 4.15. The van der Waals surface area contributed by atoms with Gasteiger partial charge in [0.1, 0.15) is 5.69 Å². The fourth-order valence-electron chi connectivity index (χ4n) is 2.81. The van der Waals surface area contributed by atoms with E-state index in [-0.39, 0.29) is 10.6 Å². The number of halogens is 1. The Bertz CT molecular complexity index is 479. The van der Waals surface area contributed by atoms with Gasteiger partial charge in [-0.05, 0) is 37.3 Å². The summed E-state index contributed by atoms with van der Waals surface area (Å²) < 4.78 is 0. The minimum atomic E-state index is -0.309. The Hall–Kier alpha value is -1.29. The van der Waals surface area contributed by atoms with Crippen LogP contribution in [-0.2, 0) is 5.88 Å². The van der Waals surface area contributed by atoms with Crippen LogP contribution in [0.5, 0.6) is 0 Å². The van der Waals surface area contributed by atoms with Crippen LogP contribution in [0.1, 0.15) is 32.3 Å². The fourth-order valence-corrected chi connectivity index (χ4v) is 2.97. The number of nitrogens with zero attached hydrogens (tertiary/aromatic N) is 2. The van der Waals surface area contributed by atoms with E-state index in [9.17, 15) is 10.1 Å². The van der Waals surface area contributed by atoms with Gasteiger partial charge in [0.25, 0.3) is 5.69 Å². The van der Waals surface area contributed by atoms with Gasteiger partial charge in [-0.3, -0.25) is 10.1 Å². The molecule has 0 aromatic heterocycles. The molecule has 0 N–H and O–H groups in total. The van der Waals surface area contributed by atoms with Gasteiger partial charge in [-0.15, -0.1) is 11.6 Å². The van der Waals surface area contributed by atoms with Gasteiger partial charge in [0, 0.05) is 24.5 Å². The Balaban J connectivity index is 2.36. The molecule has 0 aliphatic carbocycles. The van der Waals surface area contributed by atoms with Crippen LogP contribution in [0.4, 0.5) is 11.4 Å². The van der Waals surface area contributed by atoms with Crippen molar-refractivity contribution in [1.29, 1.82) is 0 Å². The largest absolute Gasteiger partial charge is 0.363 e. The SMILES string of the molecule is CC1CCN(c2ccc(CCl)cc2[N+](=O)[O-])C(C)C1. The normalized spacial score (nSPS) is 23.4. The lowest BCUT2D eigenvalue weighted by molar-refractivity contribution is -0.384. The zero-order valence-electron chi connectivity index (χ0n) is 11.3. The summed E-state index contributed by atoms with van der Waals surface area (Å²) in [5.41, 5.74) is 1.67. The number of nitro groups is 1. The second-order valence-electron chi connectivity index (χ2n) is 5.39. The standard InChI is InChI=1S/C14H19ClN2O2/c1-10-5-6-16(11(2)7-10)13-4-3-12(9-15)8-14(13)17(18)19/h3-4,8,10-11H,5-7,9H2,1-2H3. The molecule has 0 amide bonds. The van der Waals surface area contributed by atoms with Crippen LogP contribution in [0.15, 0.2) is 18.2 Å². The van der Waals surface area contributed by atoms with Crippen molar-refractivity contribution in [2.75, 3.05) is 11.4 Å². The lowest BCUT2D eigenvalue weighted by atomic mass is 9.92. The number of nitro benzene ring substituents is 1. The van der Waals surface area contributed by atoms with Crippen molar-refractivity contribution >= 4 is 23.0 Å². The van der Waals surface area contributed by atoms with E-state index in [2.05, 4.69) is 18.7 Å². The summed E-state index contributed by atoms with van der Waals surface area (Å²) in [6.45, 7) is 5.25. The number of hydrogen-bond donors (Lipinski definition) is 0. The van der Waals surface area contributed by atoms with Gasteiger partial charge in [0.05, 0.1) is 4.92 Å². The molecule has 1 aliphatic heterocycles. The highest BCUT2D eigenvalue weighted by Crippen LogP contribution is 2.35. The van der Waals surface area contributed by atoms with E-state index in [0.29, 0.717) is 17.8 Å². The highest BCUT2D eigenvalue weighted by atomic mass is 35.5. The predicted octanol–water partition coefficient (Wildman–Crippen LogP) is 3.96. The van der Waals surface area contributed by atoms with Crippen LogP contribution in [0.2, 0.25) is 0 Å². The Morgan fingerprint density at radius 1 is 1.47 bits per heavy atom. The van der Waals surface area contributed by atoms with Crippen LogP contribution < -0.4 is 4.90 Å². The summed E-state index contributed by atoms with van der Waals surface area (Å²) in [4.78, 5) is 13.1. The van der Waals surface area contributed by atoms with Crippen LogP contribution in [-0.4, -0.2) is 17.5 Å². The van der Waals surface area contributed by atoms with E-state index in [4.69, 9.17) is 11.6 Å². The summed E-state index contributed by atoms with van der Waals surface area (Å²) in [5, 5.41) is 11.2. The first kappa shape index (κ1) is 14.1. The van der Waals surface area contributed by atoms with E-state index in [1.54, 1.807) is 6.07 Å². The van der Waals surface area contributed by atoms with Crippen molar-refractivity contribution in [3.05, 3.63) is 33.9 Å². The first-order chi connectivity index (χ1) is 9.02. The van der Waals surface area contributed by atoms with Gasteiger partial charge >= 0.3 is 0 Å². The third-order valence-electron chi connectivity index (χ3n) is 3.84. The summed E-state index contributed by atoms with van der Waals surface area (Å²) in [7, 11) is 0. The molecule has 1 aromatic rings. The second kappa shape index (κ2) is 5.78. The number of alkyl halides is 1. The molecule has 1 aromatic carbocycles. The number of benzene rings is 1. The van der Waals surface area contributed by atoms with E-state index >= 15 is 0 Å². The molecular formula is C14H19ClN2O2. The van der Waals surface area contributed by atoms with Crippen LogP contribution in [0.25, 0.3) is 0 Å². The predicted molar refractivity (Wildman–Crippen MR) is 77.9 cm³/mol. The van der Waals surface area contributed by atoms with E-state index in [1.165, 1.54) is 0 Å². The summed E-state index contributed by atoms with van der Waals surface area (Å²) in [6, 6.07) is 5.64. The van der Waals surface area contributed by atoms with Crippen LogP contribution >= 0.6 is 11.6 Å². The first-order valence-electron chi connectivity index (χ1n) is 6.63. The molecule has 2 unspecified atom stereocenters. The Kier molecular flexibility index (Phi) is 4.30. The van der Waals surface area contributed by atoms with Crippen molar-refractivity contribution < 1.29 is 4.92 Å². The minimum Gasteiger partial charge on any atom is -0.363 e. The van der Waals surface area contributed by atoms with E-state index in [1.807, 2.05) is 12.1 Å². The highest BCUT2D eigenvalue weighted by Gasteiger charge is 2.28. The Labute approximate surface area is 118 Å². The molecule has 2 rings (SSSR count). The second-order valence-corrected chi connectivity index (χ2v) is 5.65. The average Bonchev–Trinajstić information content (AvgIpc) is 2.38. The fraction of sp³-hybridized carbons (Fsp3) is 0.571. The van der Waals surface area contributed by atoms with Crippen molar-refractivity contribution in [2.24, 2.45) is 5.92 Å². The molecule has 0 bridgehead atoms. The third kappa shape index (κ3) is 3.00. The molecule has 1 fully saturated rings. The topological polar surface area (TPSA) is 46.4 Å². The number of hydrogen-bond acceptors (Lipinski definition) is 3. The van der Waals surface area contributed by atoms with Gasteiger partial charge < -0.3 is 4.90 Å². The van der Waals surface area contributed by atoms with E-state index < -0.39 is 0 Å². The molecule has 1 heterocycles. The smallest absolute Gasteiger partial charge is 0.292 e. The zero-order valence-corrected chi connectivity index (χ0v) is 12.1. The summed E-state index contributed by atoms with van der Waals surface area (Å²) in [6.07, 6.45) is 2.16. The maximum Gasteiger partial charge on any atom is 0.292 e. The van der Waals surface area contributed by atoms with Gasteiger partial charge in [-0.25, -0.2) is 0 Å². The molecule has 0 spiro atoms. The van der Waals surface area contributed by atoms with Crippen molar-refractivity contribution in [1.82, 2.24) is 0 Å². The van der Waals surface area contributed by atoms with Gasteiger partial charge in [0.2, 0.25) is 0 Å². The molecule has 104 valence electrons. The highest BCUT2D eigenvalue weighted by molar-refractivity contribution is 6.17. The molecule has 1 saturated heterocycles. The zero-order chi connectivity index (χ0) is 14.0. The van der Waals surface area contributed by atoms with Gasteiger partial charge in [-0.2, -0.15) is 0 Å². The lowest BCUT2D eigenvalue weighted by Crippen LogP contribution is -2.40. The van der Waals surface area contributed by atoms with E-state index in [0.717, 1.165) is 30.6 Å². The first-order valence-corrected chi connectivity index (χ1v) is 7.16.